The fourth-order valence-electron chi connectivity index (χ4n) is 0.562. The zero-order valence-electron chi connectivity index (χ0n) is 8.46. The first-order valence-corrected chi connectivity index (χ1v) is 4.08. The van der Waals surface area contributed by atoms with Crippen LogP contribution >= 0.6 is 0 Å². The van der Waals surface area contributed by atoms with Crippen molar-refractivity contribution in [2.75, 3.05) is 20.6 Å². The summed E-state index contributed by atoms with van der Waals surface area (Å²) in [6.45, 7) is 3.46. The Balaban J connectivity index is 3.64. The lowest BCUT2D eigenvalue weighted by Gasteiger charge is -2.12. The molecule has 0 saturated carbocycles. The molecule has 0 rings (SSSR count). The van der Waals surface area contributed by atoms with Gasteiger partial charge in [-0.2, -0.15) is 0 Å². The lowest BCUT2D eigenvalue weighted by Crippen LogP contribution is -2.37. The summed E-state index contributed by atoms with van der Waals surface area (Å²) in [5.74, 6) is -0.166. The lowest BCUT2D eigenvalue weighted by atomic mass is 10.5. The van der Waals surface area contributed by atoms with Gasteiger partial charge in [0.1, 0.15) is 6.54 Å². The van der Waals surface area contributed by atoms with Crippen LogP contribution in [0.5, 0.6) is 0 Å². The number of hydrogen-bond donors (Lipinski definition) is 1. The number of nitrogens with zero attached hydrogens (tertiary/aromatic N) is 1. The van der Waals surface area contributed by atoms with E-state index in [0.29, 0.717) is 0 Å². The number of hydrogen-bond acceptors (Lipinski definition) is 3. The van der Waals surface area contributed by atoms with Gasteiger partial charge in [0.25, 0.3) is 0 Å². The van der Waals surface area contributed by atoms with E-state index >= 15 is 0 Å². The molecule has 0 fully saturated rings. The Kier molecular flexibility index (Phi) is 4.87. The van der Waals surface area contributed by atoms with Crippen LogP contribution in [-0.4, -0.2) is 43.6 Å². The standard InChI is InChI=1S/C8H16N2O3/c1-6(2)13-8(12)9-5-7(11)10(3)4/h6H,5H2,1-4H3,(H,9,12). The number of likely N-dealkylation sites (N-methyl/N-ethyl adjacent to an activating group) is 1. The Hall–Kier alpha value is -1.26. The van der Waals surface area contributed by atoms with Gasteiger partial charge in [-0.25, -0.2) is 4.79 Å². The highest BCUT2D eigenvalue weighted by Gasteiger charge is 2.08. The quantitative estimate of drug-likeness (QED) is 0.688. The molecule has 0 aliphatic heterocycles. The molecule has 0 spiro atoms. The normalized spacial score (nSPS) is 9.62. The second kappa shape index (κ2) is 5.40. The molecule has 0 atom stereocenters. The summed E-state index contributed by atoms with van der Waals surface area (Å²) in [5.41, 5.74) is 0. The van der Waals surface area contributed by atoms with Crippen molar-refractivity contribution in [3.05, 3.63) is 0 Å². The molecule has 0 unspecified atom stereocenters. The van der Waals surface area contributed by atoms with E-state index in [-0.39, 0.29) is 18.6 Å². The molecule has 76 valence electrons. The van der Waals surface area contributed by atoms with Gasteiger partial charge in [-0.05, 0) is 13.8 Å². The minimum atomic E-state index is -0.565. The highest BCUT2D eigenvalue weighted by Crippen LogP contribution is 1.87. The summed E-state index contributed by atoms with van der Waals surface area (Å²) in [6, 6.07) is 0. The van der Waals surface area contributed by atoms with Crippen molar-refractivity contribution in [3.8, 4) is 0 Å². The summed E-state index contributed by atoms with van der Waals surface area (Å²) in [5, 5.41) is 2.34. The molecule has 0 saturated heterocycles. The molecule has 0 heterocycles. The zero-order valence-corrected chi connectivity index (χ0v) is 8.46. The third-order valence-electron chi connectivity index (χ3n) is 1.23. The minimum Gasteiger partial charge on any atom is -0.447 e. The predicted molar refractivity (Wildman–Crippen MR) is 48.3 cm³/mol. The van der Waals surface area contributed by atoms with Crippen molar-refractivity contribution in [2.24, 2.45) is 0 Å². The summed E-state index contributed by atoms with van der Waals surface area (Å²) in [6.07, 6.45) is -0.736. The summed E-state index contributed by atoms with van der Waals surface area (Å²) >= 11 is 0. The lowest BCUT2D eigenvalue weighted by molar-refractivity contribution is -0.127. The molecule has 1 N–H and O–H groups in total. The smallest absolute Gasteiger partial charge is 0.407 e. The number of carbonyl (C=O) groups excluding carboxylic acids is 2. The van der Waals surface area contributed by atoms with Crippen molar-refractivity contribution in [3.63, 3.8) is 0 Å². The summed E-state index contributed by atoms with van der Waals surface area (Å²) < 4.78 is 4.76. The van der Waals surface area contributed by atoms with Gasteiger partial charge in [0.15, 0.2) is 0 Å². The highest BCUT2D eigenvalue weighted by atomic mass is 16.6. The third kappa shape index (κ3) is 5.95. The van der Waals surface area contributed by atoms with Gasteiger partial charge in [-0.3, -0.25) is 4.79 Å². The summed E-state index contributed by atoms with van der Waals surface area (Å²) in [7, 11) is 3.25. The highest BCUT2D eigenvalue weighted by molar-refractivity contribution is 5.81. The van der Waals surface area contributed by atoms with E-state index in [4.69, 9.17) is 4.74 Å². The Labute approximate surface area is 78.0 Å². The van der Waals surface area contributed by atoms with Crippen LogP contribution in [0, 0.1) is 0 Å². The van der Waals surface area contributed by atoms with E-state index in [1.54, 1.807) is 27.9 Å². The van der Waals surface area contributed by atoms with Crippen LogP contribution in [0.2, 0.25) is 0 Å². The topological polar surface area (TPSA) is 58.6 Å². The second-order valence-corrected chi connectivity index (χ2v) is 3.10. The van der Waals surface area contributed by atoms with Gasteiger partial charge in [0, 0.05) is 14.1 Å². The summed E-state index contributed by atoms with van der Waals surface area (Å²) in [4.78, 5) is 23.3. The molecule has 0 aromatic heterocycles. The monoisotopic (exact) mass is 188 g/mol. The van der Waals surface area contributed by atoms with Crippen LogP contribution in [0.15, 0.2) is 0 Å². The van der Waals surface area contributed by atoms with E-state index in [1.165, 1.54) is 4.90 Å². The molecule has 0 aliphatic rings. The van der Waals surface area contributed by atoms with Crippen LogP contribution in [-0.2, 0) is 9.53 Å². The van der Waals surface area contributed by atoms with Gasteiger partial charge < -0.3 is 15.0 Å². The van der Waals surface area contributed by atoms with Crippen molar-refractivity contribution < 1.29 is 14.3 Å². The van der Waals surface area contributed by atoms with Crippen molar-refractivity contribution in [2.45, 2.75) is 20.0 Å². The maximum atomic E-state index is 11.0. The maximum Gasteiger partial charge on any atom is 0.407 e. The first-order chi connectivity index (χ1) is 5.93. The largest absolute Gasteiger partial charge is 0.447 e. The van der Waals surface area contributed by atoms with Crippen molar-refractivity contribution >= 4 is 12.0 Å². The molecule has 5 heteroatoms. The third-order valence-corrected chi connectivity index (χ3v) is 1.23. The average molecular weight is 188 g/mol. The van der Waals surface area contributed by atoms with E-state index in [0.717, 1.165) is 0 Å². The first-order valence-electron chi connectivity index (χ1n) is 4.08. The molecule has 13 heavy (non-hydrogen) atoms. The van der Waals surface area contributed by atoms with Gasteiger partial charge in [-0.15, -0.1) is 0 Å². The van der Waals surface area contributed by atoms with Gasteiger partial charge >= 0.3 is 6.09 Å². The van der Waals surface area contributed by atoms with Crippen LogP contribution in [0.3, 0.4) is 0 Å². The number of alkyl carbamates (subject to hydrolysis) is 1. The van der Waals surface area contributed by atoms with E-state index in [1.807, 2.05) is 0 Å². The SMILES string of the molecule is CC(C)OC(=O)NCC(=O)N(C)C. The molecule has 0 bridgehead atoms. The molecular formula is C8H16N2O3. The fraction of sp³-hybridized carbons (Fsp3) is 0.750. The predicted octanol–water partition coefficient (Wildman–Crippen LogP) is 0.209. The first kappa shape index (κ1) is 11.7. The number of nitrogens with one attached hydrogen (secondary N) is 1. The molecule has 0 aromatic rings. The van der Waals surface area contributed by atoms with Crippen LogP contribution in [0.4, 0.5) is 4.79 Å². The van der Waals surface area contributed by atoms with E-state index in [9.17, 15) is 9.59 Å². The number of carbonyl (C=O) groups is 2. The number of ether oxygens (including phenoxy) is 1. The molecule has 0 radical (unpaired) electrons. The van der Waals surface area contributed by atoms with Gasteiger partial charge in [0.05, 0.1) is 6.10 Å². The zero-order chi connectivity index (χ0) is 10.4. The van der Waals surface area contributed by atoms with Crippen molar-refractivity contribution in [1.29, 1.82) is 0 Å². The Morgan fingerprint density at radius 3 is 2.31 bits per heavy atom. The van der Waals surface area contributed by atoms with Crippen LogP contribution in [0.25, 0.3) is 0 Å². The molecule has 0 aromatic carbocycles. The number of rotatable bonds is 3. The second-order valence-electron chi connectivity index (χ2n) is 3.10. The van der Waals surface area contributed by atoms with Crippen molar-refractivity contribution in [1.82, 2.24) is 10.2 Å². The number of amides is 2. The Morgan fingerprint density at radius 1 is 1.38 bits per heavy atom. The maximum absolute atomic E-state index is 11.0. The molecule has 0 aliphatic carbocycles. The molecule has 5 nitrogen and oxygen atoms in total. The average Bonchev–Trinajstić information content (AvgIpc) is 1.98. The van der Waals surface area contributed by atoms with E-state index in [2.05, 4.69) is 5.32 Å². The Morgan fingerprint density at radius 2 is 1.92 bits per heavy atom. The molecule has 2 amide bonds. The molecular weight excluding hydrogens is 172 g/mol. The van der Waals surface area contributed by atoms with Gasteiger partial charge in [0.2, 0.25) is 5.91 Å². The van der Waals surface area contributed by atoms with E-state index < -0.39 is 6.09 Å². The fourth-order valence-corrected chi connectivity index (χ4v) is 0.562. The van der Waals surface area contributed by atoms with Crippen LogP contribution in [0.1, 0.15) is 13.8 Å². The van der Waals surface area contributed by atoms with Crippen LogP contribution < -0.4 is 5.32 Å². The Bertz CT molecular complexity index is 190. The van der Waals surface area contributed by atoms with Gasteiger partial charge in [-0.1, -0.05) is 0 Å². The minimum absolute atomic E-state index is 0.0292.